The van der Waals surface area contributed by atoms with E-state index in [1.165, 1.54) is 37.7 Å². The van der Waals surface area contributed by atoms with E-state index in [4.69, 9.17) is 0 Å². The lowest BCUT2D eigenvalue weighted by Crippen LogP contribution is -2.27. The average molecular weight is 363 g/mol. The van der Waals surface area contributed by atoms with E-state index in [1.54, 1.807) is 0 Å². The molecular weight excluding hydrogens is 312 g/mol. The molecule has 0 aliphatic heterocycles. The molecule has 0 saturated carbocycles. The number of rotatable bonds is 14. The fourth-order valence-corrected chi connectivity index (χ4v) is 4.96. The molecule has 0 aromatic rings. The molecule has 0 rings (SSSR count). The van der Waals surface area contributed by atoms with Crippen molar-refractivity contribution in [1.82, 2.24) is 0 Å². The van der Waals surface area contributed by atoms with Gasteiger partial charge in [0.25, 0.3) is 0 Å². The average Bonchev–Trinajstić information content (AvgIpc) is 2.57. The quantitative estimate of drug-likeness (QED) is 0.271. The van der Waals surface area contributed by atoms with Crippen LogP contribution in [0.4, 0.5) is 0 Å². The first kappa shape index (κ1) is 25.5. The van der Waals surface area contributed by atoms with Gasteiger partial charge in [-0.05, 0) is 73.0 Å². The summed E-state index contributed by atoms with van der Waals surface area (Å²) in [6.07, 6.45) is 8.47. The van der Waals surface area contributed by atoms with Crippen LogP contribution in [0.25, 0.3) is 0 Å². The molecule has 0 heteroatoms. The van der Waals surface area contributed by atoms with E-state index in [1.807, 2.05) is 0 Å². The van der Waals surface area contributed by atoms with Crippen LogP contribution in [0.3, 0.4) is 0 Å². The third-order valence-electron chi connectivity index (χ3n) is 7.20. The van der Waals surface area contributed by atoms with Gasteiger partial charge in [-0.3, -0.25) is 0 Å². The van der Waals surface area contributed by atoms with Gasteiger partial charge in [-0.15, -0.1) is 6.58 Å². The molecule has 0 heterocycles. The molecule has 0 N–H and O–H groups in total. The van der Waals surface area contributed by atoms with Gasteiger partial charge in [0, 0.05) is 0 Å². The first-order valence-corrected chi connectivity index (χ1v) is 11.3. The minimum Gasteiger partial charge on any atom is -0.103 e. The molecular formula is C26H50. The number of allylic oxidation sites excluding steroid dienone is 2. The SMILES string of the molecule is C=CC(C)C[C@H](C)CC(C)CCC(=C)C(C)C(C)[C@@H](C)C(CC)C(C)C. The monoisotopic (exact) mass is 362 g/mol. The van der Waals surface area contributed by atoms with Gasteiger partial charge in [0.1, 0.15) is 0 Å². The van der Waals surface area contributed by atoms with E-state index >= 15 is 0 Å². The molecule has 154 valence electrons. The molecule has 0 amide bonds. The molecule has 0 nitrogen and oxygen atoms in total. The van der Waals surface area contributed by atoms with Gasteiger partial charge in [-0.2, -0.15) is 0 Å². The molecule has 0 aliphatic rings. The summed E-state index contributed by atoms with van der Waals surface area (Å²) in [5, 5.41) is 0. The van der Waals surface area contributed by atoms with Crippen molar-refractivity contribution in [1.29, 1.82) is 0 Å². The van der Waals surface area contributed by atoms with Crippen molar-refractivity contribution in [3.8, 4) is 0 Å². The molecule has 0 bridgehead atoms. The highest BCUT2D eigenvalue weighted by Crippen LogP contribution is 2.37. The summed E-state index contributed by atoms with van der Waals surface area (Å²) in [6.45, 7) is 29.9. The second-order valence-corrected chi connectivity index (χ2v) is 9.91. The summed E-state index contributed by atoms with van der Waals surface area (Å²) >= 11 is 0. The smallest absolute Gasteiger partial charge is 0.0206 e. The van der Waals surface area contributed by atoms with Crippen LogP contribution in [0.15, 0.2) is 24.8 Å². The van der Waals surface area contributed by atoms with Crippen LogP contribution in [-0.4, -0.2) is 0 Å². The summed E-state index contributed by atoms with van der Waals surface area (Å²) in [6, 6.07) is 0. The van der Waals surface area contributed by atoms with E-state index in [0.29, 0.717) is 11.8 Å². The summed E-state index contributed by atoms with van der Waals surface area (Å²) in [5.74, 6) is 5.94. The van der Waals surface area contributed by atoms with Crippen molar-refractivity contribution < 1.29 is 0 Å². The van der Waals surface area contributed by atoms with Gasteiger partial charge in [0.2, 0.25) is 0 Å². The molecule has 0 fully saturated rings. The first-order chi connectivity index (χ1) is 12.0. The Morgan fingerprint density at radius 2 is 1.42 bits per heavy atom. The van der Waals surface area contributed by atoms with Crippen LogP contribution in [0.1, 0.15) is 94.4 Å². The van der Waals surface area contributed by atoms with E-state index in [9.17, 15) is 0 Å². The highest BCUT2D eigenvalue weighted by atomic mass is 14.3. The van der Waals surface area contributed by atoms with Crippen LogP contribution < -0.4 is 0 Å². The van der Waals surface area contributed by atoms with Gasteiger partial charge in [-0.1, -0.05) is 87.0 Å². The van der Waals surface area contributed by atoms with Crippen molar-refractivity contribution >= 4 is 0 Å². The highest BCUT2D eigenvalue weighted by Gasteiger charge is 2.28. The standard InChI is InChI=1S/C26H50/c1-12-19(5)16-21(7)17-20(6)14-15-22(8)23(9)24(10)25(11)26(13-2)18(3)4/h12,18-21,23-26H,1,8,13-17H2,2-7,9-11H3/t19?,20?,21-,23?,24?,25+,26?/m0/s1. The minimum absolute atomic E-state index is 0.628. The predicted molar refractivity (Wildman–Crippen MR) is 121 cm³/mol. The van der Waals surface area contributed by atoms with Gasteiger partial charge in [-0.25, -0.2) is 0 Å². The normalized spacial score (nSPS) is 20.1. The maximum Gasteiger partial charge on any atom is -0.0206 e. The van der Waals surface area contributed by atoms with E-state index in [0.717, 1.165) is 35.5 Å². The van der Waals surface area contributed by atoms with Crippen LogP contribution in [-0.2, 0) is 0 Å². The third-order valence-corrected chi connectivity index (χ3v) is 7.20. The fourth-order valence-electron chi connectivity index (χ4n) is 4.96. The van der Waals surface area contributed by atoms with Gasteiger partial charge in [0.15, 0.2) is 0 Å². The molecule has 0 aromatic heterocycles. The zero-order valence-electron chi connectivity index (χ0n) is 19.6. The van der Waals surface area contributed by atoms with E-state index < -0.39 is 0 Å². The zero-order chi connectivity index (χ0) is 20.4. The zero-order valence-corrected chi connectivity index (χ0v) is 19.6. The Labute approximate surface area is 166 Å². The summed E-state index contributed by atoms with van der Waals surface area (Å²) in [5.41, 5.74) is 1.47. The Bertz CT molecular complexity index is 391. The van der Waals surface area contributed by atoms with Crippen LogP contribution in [0.5, 0.6) is 0 Å². The summed E-state index contributed by atoms with van der Waals surface area (Å²) in [4.78, 5) is 0. The Kier molecular flexibility index (Phi) is 12.5. The largest absolute Gasteiger partial charge is 0.103 e. The lowest BCUT2D eigenvalue weighted by molar-refractivity contribution is 0.168. The topological polar surface area (TPSA) is 0 Å². The maximum absolute atomic E-state index is 4.49. The molecule has 26 heavy (non-hydrogen) atoms. The summed E-state index contributed by atoms with van der Waals surface area (Å²) < 4.78 is 0. The molecule has 5 unspecified atom stereocenters. The van der Waals surface area contributed by atoms with E-state index in [2.05, 4.69) is 81.5 Å². The third kappa shape index (κ3) is 8.92. The van der Waals surface area contributed by atoms with Crippen molar-refractivity contribution in [2.24, 2.45) is 47.3 Å². The Hall–Kier alpha value is -0.520. The molecule has 0 aromatic carbocycles. The second-order valence-electron chi connectivity index (χ2n) is 9.91. The van der Waals surface area contributed by atoms with Gasteiger partial charge >= 0.3 is 0 Å². The summed E-state index contributed by atoms with van der Waals surface area (Å²) in [7, 11) is 0. The lowest BCUT2D eigenvalue weighted by atomic mass is 9.70. The van der Waals surface area contributed by atoms with Crippen molar-refractivity contribution in [3.05, 3.63) is 24.8 Å². The molecule has 7 atom stereocenters. The second kappa shape index (κ2) is 12.8. The lowest BCUT2D eigenvalue weighted by Gasteiger charge is -2.35. The Morgan fingerprint density at radius 1 is 0.846 bits per heavy atom. The van der Waals surface area contributed by atoms with Crippen molar-refractivity contribution in [2.75, 3.05) is 0 Å². The number of hydrogen-bond donors (Lipinski definition) is 0. The van der Waals surface area contributed by atoms with E-state index in [-0.39, 0.29) is 0 Å². The van der Waals surface area contributed by atoms with Crippen LogP contribution in [0.2, 0.25) is 0 Å². The predicted octanol–water partition coefficient (Wildman–Crippen LogP) is 8.79. The Morgan fingerprint density at radius 3 is 1.88 bits per heavy atom. The minimum atomic E-state index is 0.628. The van der Waals surface area contributed by atoms with Gasteiger partial charge < -0.3 is 0 Å². The van der Waals surface area contributed by atoms with Crippen LogP contribution >= 0.6 is 0 Å². The maximum atomic E-state index is 4.49. The van der Waals surface area contributed by atoms with Crippen molar-refractivity contribution in [3.63, 3.8) is 0 Å². The first-order valence-electron chi connectivity index (χ1n) is 11.3. The molecule has 0 saturated heterocycles. The number of hydrogen-bond acceptors (Lipinski definition) is 0. The molecule has 0 radical (unpaired) electrons. The van der Waals surface area contributed by atoms with Gasteiger partial charge in [0.05, 0.1) is 0 Å². The highest BCUT2D eigenvalue weighted by molar-refractivity contribution is 5.02. The van der Waals surface area contributed by atoms with Crippen LogP contribution in [0, 0.1) is 47.3 Å². The molecule has 0 aliphatic carbocycles. The fraction of sp³-hybridized carbons (Fsp3) is 0.846. The Balaban J connectivity index is 4.46. The molecule has 0 spiro atoms. The van der Waals surface area contributed by atoms with Crippen molar-refractivity contribution in [2.45, 2.75) is 94.4 Å².